The van der Waals surface area contributed by atoms with Gasteiger partial charge in [-0.2, -0.15) is 0 Å². The highest BCUT2D eigenvalue weighted by Crippen LogP contribution is 2.22. The first-order valence-corrected chi connectivity index (χ1v) is 9.31. The number of imidazole rings is 1. The van der Waals surface area contributed by atoms with E-state index in [-0.39, 0.29) is 5.56 Å². The van der Waals surface area contributed by atoms with Crippen molar-refractivity contribution in [2.24, 2.45) is 0 Å². The first-order valence-electron chi connectivity index (χ1n) is 9.31. The summed E-state index contributed by atoms with van der Waals surface area (Å²) in [6.07, 6.45) is 1.52. The molecule has 0 spiro atoms. The average Bonchev–Trinajstić information content (AvgIpc) is 3.44. The predicted molar refractivity (Wildman–Crippen MR) is 114 cm³/mol. The third-order valence-corrected chi connectivity index (χ3v) is 4.75. The summed E-state index contributed by atoms with van der Waals surface area (Å²) in [5.74, 6) is 0.790. The lowest BCUT2D eigenvalue weighted by Gasteiger charge is -2.06. The predicted octanol–water partition coefficient (Wildman–Crippen LogP) is 4.43. The maximum Gasteiger partial charge on any atom is 0.261 e. The van der Waals surface area contributed by atoms with Crippen LogP contribution in [0.3, 0.4) is 0 Å². The van der Waals surface area contributed by atoms with Crippen molar-refractivity contribution >= 4 is 22.6 Å². The van der Waals surface area contributed by atoms with Crippen molar-refractivity contribution in [2.45, 2.75) is 0 Å². The van der Waals surface area contributed by atoms with Crippen LogP contribution < -0.4 is 10.9 Å². The van der Waals surface area contributed by atoms with Crippen LogP contribution in [0.25, 0.3) is 33.9 Å². The molecule has 7 nitrogen and oxygen atoms in total. The highest BCUT2D eigenvalue weighted by molar-refractivity contribution is 6.04. The Labute approximate surface area is 170 Å². The highest BCUT2D eigenvalue weighted by Gasteiger charge is 2.13. The maximum absolute atomic E-state index is 12.5. The lowest BCUT2D eigenvalue weighted by atomic mass is 10.2. The number of hydrogen-bond donors (Lipinski definition) is 3. The Balaban J connectivity index is 1.34. The quantitative estimate of drug-likeness (QED) is 0.418. The number of nitrogens with one attached hydrogen (secondary N) is 3. The van der Waals surface area contributed by atoms with Crippen LogP contribution in [-0.4, -0.2) is 20.9 Å². The summed E-state index contributed by atoms with van der Waals surface area (Å²) >= 11 is 0. The van der Waals surface area contributed by atoms with Gasteiger partial charge in [0, 0.05) is 11.3 Å². The number of H-pyrrole nitrogens is 2. The molecule has 30 heavy (non-hydrogen) atoms. The van der Waals surface area contributed by atoms with Gasteiger partial charge in [0.25, 0.3) is 11.5 Å². The molecule has 0 fully saturated rings. The zero-order chi connectivity index (χ0) is 20.5. The molecule has 2 aromatic carbocycles. The Morgan fingerprint density at radius 1 is 0.900 bits per heavy atom. The molecule has 5 rings (SSSR count). The molecule has 0 radical (unpaired) electrons. The van der Waals surface area contributed by atoms with E-state index in [0.29, 0.717) is 17.1 Å². The van der Waals surface area contributed by atoms with E-state index >= 15 is 0 Å². The number of nitrogens with zero attached hydrogens (tertiary/aromatic N) is 1. The molecule has 0 atom stereocenters. The Morgan fingerprint density at radius 2 is 1.73 bits per heavy atom. The van der Waals surface area contributed by atoms with Crippen LogP contribution in [0.5, 0.6) is 0 Å². The van der Waals surface area contributed by atoms with Gasteiger partial charge in [-0.05, 0) is 60.7 Å². The minimum Gasteiger partial charge on any atom is -0.463 e. The van der Waals surface area contributed by atoms with Crippen molar-refractivity contribution in [3.63, 3.8) is 0 Å². The standard InChI is InChI=1S/C23H16N4O3/c28-22(16-11-12-19(27-23(16)29)20-6-3-13-30-20)24-15-9-7-14(8-10-15)21-25-17-4-1-2-5-18(17)26-21/h1-13H,(H,24,28)(H,25,26)(H,27,29). The Bertz CT molecular complexity index is 1360. The molecule has 0 bridgehead atoms. The SMILES string of the molecule is O=C(Nc1ccc(-c2nc3ccccc3[nH]2)cc1)c1ccc(-c2ccco2)[nH]c1=O. The first-order chi connectivity index (χ1) is 14.7. The molecule has 7 heteroatoms. The molecule has 1 amide bonds. The minimum atomic E-state index is -0.487. The van der Waals surface area contributed by atoms with Crippen LogP contribution in [0.15, 0.2) is 88.3 Å². The van der Waals surface area contributed by atoms with E-state index in [1.165, 1.54) is 12.3 Å². The first kappa shape index (κ1) is 17.7. The van der Waals surface area contributed by atoms with Gasteiger partial charge in [-0.1, -0.05) is 12.1 Å². The third kappa shape index (κ3) is 3.29. The highest BCUT2D eigenvalue weighted by atomic mass is 16.3. The van der Waals surface area contributed by atoms with Gasteiger partial charge >= 0.3 is 0 Å². The summed E-state index contributed by atoms with van der Waals surface area (Å²) in [6.45, 7) is 0. The van der Waals surface area contributed by atoms with Crippen molar-refractivity contribution in [1.82, 2.24) is 15.0 Å². The number of aromatic amines is 2. The van der Waals surface area contributed by atoms with Crippen LogP contribution in [-0.2, 0) is 0 Å². The number of benzene rings is 2. The fourth-order valence-electron chi connectivity index (χ4n) is 3.23. The molecule has 3 aromatic heterocycles. The van der Waals surface area contributed by atoms with Gasteiger partial charge in [0.1, 0.15) is 17.1 Å². The van der Waals surface area contributed by atoms with Crippen LogP contribution >= 0.6 is 0 Å². The number of pyridine rings is 1. The number of aromatic nitrogens is 3. The van der Waals surface area contributed by atoms with Crippen molar-refractivity contribution in [3.05, 3.63) is 95.0 Å². The van der Waals surface area contributed by atoms with Gasteiger partial charge in [0.05, 0.1) is 23.0 Å². The molecule has 3 N–H and O–H groups in total. The Kier molecular flexibility index (Phi) is 4.25. The number of anilines is 1. The molecule has 0 saturated carbocycles. The molecule has 3 heterocycles. The van der Waals surface area contributed by atoms with E-state index in [9.17, 15) is 9.59 Å². The van der Waals surface area contributed by atoms with Crippen molar-refractivity contribution in [3.8, 4) is 22.8 Å². The van der Waals surface area contributed by atoms with E-state index in [4.69, 9.17) is 4.42 Å². The van der Waals surface area contributed by atoms with Gasteiger partial charge < -0.3 is 19.7 Å². The second kappa shape index (κ2) is 7.21. The fourth-order valence-corrected chi connectivity index (χ4v) is 3.23. The molecule has 0 aliphatic rings. The third-order valence-electron chi connectivity index (χ3n) is 4.75. The lowest BCUT2D eigenvalue weighted by Crippen LogP contribution is -2.23. The Morgan fingerprint density at radius 3 is 2.47 bits per heavy atom. The number of amides is 1. The molecule has 5 aromatic rings. The van der Waals surface area contributed by atoms with Crippen molar-refractivity contribution in [1.29, 1.82) is 0 Å². The monoisotopic (exact) mass is 396 g/mol. The summed E-state index contributed by atoms with van der Waals surface area (Å²) < 4.78 is 5.26. The van der Waals surface area contributed by atoms with Gasteiger partial charge in [-0.25, -0.2) is 4.98 Å². The fraction of sp³-hybridized carbons (Fsp3) is 0. The summed E-state index contributed by atoms with van der Waals surface area (Å²) in [7, 11) is 0. The number of carbonyl (C=O) groups excluding carboxylic acids is 1. The largest absolute Gasteiger partial charge is 0.463 e. The van der Waals surface area contributed by atoms with Crippen LogP contribution in [0.4, 0.5) is 5.69 Å². The molecule has 0 saturated heterocycles. The molecule has 0 aliphatic heterocycles. The lowest BCUT2D eigenvalue weighted by molar-refractivity contribution is 0.102. The van der Waals surface area contributed by atoms with Crippen LogP contribution in [0.2, 0.25) is 0 Å². The minimum absolute atomic E-state index is 0.0201. The zero-order valence-corrected chi connectivity index (χ0v) is 15.7. The summed E-state index contributed by atoms with van der Waals surface area (Å²) in [5.41, 5.74) is 3.37. The molecular weight excluding hydrogens is 380 g/mol. The van der Waals surface area contributed by atoms with Gasteiger partial charge in [-0.15, -0.1) is 0 Å². The second-order valence-corrected chi connectivity index (χ2v) is 6.73. The number of para-hydroxylation sites is 2. The number of hydrogen-bond acceptors (Lipinski definition) is 4. The number of fused-ring (bicyclic) bond motifs is 1. The van der Waals surface area contributed by atoms with E-state index in [0.717, 1.165) is 22.4 Å². The van der Waals surface area contributed by atoms with E-state index in [2.05, 4.69) is 20.3 Å². The molecule has 146 valence electrons. The van der Waals surface area contributed by atoms with E-state index < -0.39 is 11.5 Å². The zero-order valence-electron chi connectivity index (χ0n) is 15.7. The Hall–Kier alpha value is -4.39. The normalized spacial score (nSPS) is 10.9. The van der Waals surface area contributed by atoms with Crippen molar-refractivity contribution < 1.29 is 9.21 Å². The number of furan rings is 1. The van der Waals surface area contributed by atoms with E-state index in [1.807, 2.05) is 36.4 Å². The molecular formula is C23H16N4O3. The van der Waals surface area contributed by atoms with Gasteiger partial charge in [0.15, 0.2) is 0 Å². The van der Waals surface area contributed by atoms with Gasteiger partial charge in [-0.3, -0.25) is 9.59 Å². The van der Waals surface area contributed by atoms with Crippen LogP contribution in [0.1, 0.15) is 10.4 Å². The van der Waals surface area contributed by atoms with E-state index in [1.54, 1.807) is 30.3 Å². The maximum atomic E-state index is 12.5. The summed E-state index contributed by atoms with van der Waals surface area (Å²) in [4.78, 5) is 35.4. The number of carbonyl (C=O) groups is 1. The summed E-state index contributed by atoms with van der Waals surface area (Å²) in [6, 6.07) is 21.6. The number of rotatable bonds is 4. The summed E-state index contributed by atoms with van der Waals surface area (Å²) in [5, 5.41) is 2.75. The smallest absolute Gasteiger partial charge is 0.261 e. The second-order valence-electron chi connectivity index (χ2n) is 6.73. The average molecular weight is 396 g/mol. The van der Waals surface area contributed by atoms with Gasteiger partial charge in [0.2, 0.25) is 0 Å². The molecule has 0 aliphatic carbocycles. The molecule has 0 unspecified atom stereocenters. The van der Waals surface area contributed by atoms with Crippen molar-refractivity contribution in [2.75, 3.05) is 5.32 Å². The topological polar surface area (TPSA) is 104 Å². The van der Waals surface area contributed by atoms with Crippen LogP contribution in [0, 0.1) is 0 Å².